The Morgan fingerprint density at radius 3 is 1.96 bits per heavy atom. The quantitative estimate of drug-likeness (QED) is 0.663. The van der Waals surface area contributed by atoms with Crippen LogP contribution < -0.4 is 0 Å². The Morgan fingerprint density at radius 1 is 1.09 bits per heavy atom. The first-order valence-electron chi connectivity index (χ1n) is 8.62. The lowest BCUT2D eigenvalue weighted by molar-refractivity contribution is -0.177. The summed E-state index contributed by atoms with van der Waals surface area (Å²) in [4.78, 5) is 24.2. The molecule has 1 aliphatic carbocycles. The summed E-state index contributed by atoms with van der Waals surface area (Å²) in [6.45, 7) is 10.5. The van der Waals surface area contributed by atoms with Crippen molar-refractivity contribution >= 4 is 11.9 Å². The van der Waals surface area contributed by atoms with Gasteiger partial charge in [0.25, 0.3) is 0 Å². The molecule has 0 bridgehead atoms. The number of allylic oxidation sites excluding steroid dienone is 2. The molecule has 0 aromatic heterocycles. The highest BCUT2D eigenvalue weighted by molar-refractivity contribution is 5.87. The standard InChI is InChI=1S/C19H32O4/c1-6-18(15(20)21)10-7-8-11-19(18,16(22)23)12-9-14(2)13-17(3,4)5/h7-8,14H,6,9-13H2,1-5H3,(H,20,21)(H,22,23). The molecule has 0 aromatic carbocycles. The zero-order valence-corrected chi connectivity index (χ0v) is 15.2. The molecule has 4 heteroatoms. The number of rotatable bonds is 7. The molecule has 0 aromatic rings. The van der Waals surface area contributed by atoms with Crippen LogP contribution in [0.15, 0.2) is 12.2 Å². The van der Waals surface area contributed by atoms with Crippen molar-refractivity contribution in [1.82, 2.24) is 0 Å². The number of carbonyl (C=O) groups is 2. The van der Waals surface area contributed by atoms with E-state index in [1.54, 1.807) is 6.92 Å². The molecular formula is C19H32O4. The summed E-state index contributed by atoms with van der Waals surface area (Å²) < 4.78 is 0. The van der Waals surface area contributed by atoms with Crippen LogP contribution in [0.25, 0.3) is 0 Å². The van der Waals surface area contributed by atoms with Gasteiger partial charge in [0.15, 0.2) is 0 Å². The molecule has 0 spiro atoms. The van der Waals surface area contributed by atoms with E-state index >= 15 is 0 Å². The van der Waals surface area contributed by atoms with Gasteiger partial charge < -0.3 is 10.2 Å². The van der Waals surface area contributed by atoms with Crippen molar-refractivity contribution in [2.75, 3.05) is 0 Å². The third kappa shape index (κ3) is 3.96. The van der Waals surface area contributed by atoms with Crippen molar-refractivity contribution in [3.63, 3.8) is 0 Å². The van der Waals surface area contributed by atoms with E-state index in [4.69, 9.17) is 0 Å². The Balaban J connectivity index is 3.08. The van der Waals surface area contributed by atoms with Crippen LogP contribution in [0.3, 0.4) is 0 Å². The first-order chi connectivity index (χ1) is 10.5. The molecular weight excluding hydrogens is 292 g/mol. The minimum Gasteiger partial charge on any atom is -0.481 e. The van der Waals surface area contributed by atoms with Gasteiger partial charge in [-0.2, -0.15) is 0 Å². The van der Waals surface area contributed by atoms with Gasteiger partial charge >= 0.3 is 11.9 Å². The van der Waals surface area contributed by atoms with Crippen molar-refractivity contribution in [2.45, 2.75) is 73.1 Å². The van der Waals surface area contributed by atoms with E-state index in [0.717, 1.165) is 12.8 Å². The predicted octanol–water partition coefficient (Wildman–Crippen LogP) is 4.74. The normalized spacial score (nSPS) is 29.3. The second-order valence-electron chi connectivity index (χ2n) is 8.42. The summed E-state index contributed by atoms with van der Waals surface area (Å²) in [7, 11) is 0. The highest BCUT2D eigenvalue weighted by atomic mass is 16.4. The molecule has 0 saturated heterocycles. The van der Waals surface area contributed by atoms with Gasteiger partial charge in [0.1, 0.15) is 0 Å². The largest absolute Gasteiger partial charge is 0.481 e. The predicted molar refractivity (Wildman–Crippen MR) is 91.3 cm³/mol. The van der Waals surface area contributed by atoms with Crippen LogP contribution in [0.2, 0.25) is 0 Å². The van der Waals surface area contributed by atoms with Gasteiger partial charge in [0, 0.05) is 0 Å². The molecule has 1 aliphatic rings. The third-order valence-electron chi connectivity index (χ3n) is 5.46. The highest BCUT2D eigenvalue weighted by Gasteiger charge is 2.59. The van der Waals surface area contributed by atoms with E-state index in [1.165, 1.54) is 0 Å². The van der Waals surface area contributed by atoms with Gasteiger partial charge in [-0.3, -0.25) is 9.59 Å². The Morgan fingerprint density at radius 2 is 1.57 bits per heavy atom. The lowest BCUT2D eigenvalue weighted by Crippen LogP contribution is -2.53. The minimum atomic E-state index is -1.20. The van der Waals surface area contributed by atoms with Crippen molar-refractivity contribution in [3.05, 3.63) is 12.2 Å². The number of carboxylic acids is 2. The molecule has 3 unspecified atom stereocenters. The van der Waals surface area contributed by atoms with E-state index in [2.05, 4.69) is 27.7 Å². The van der Waals surface area contributed by atoms with Crippen LogP contribution in [-0.4, -0.2) is 22.2 Å². The summed E-state index contributed by atoms with van der Waals surface area (Å²) in [5.74, 6) is -1.57. The second kappa shape index (κ2) is 7.06. The first kappa shape index (κ1) is 19.7. The van der Waals surface area contributed by atoms with Crippen LogP contribution in [0.5, 0.6) is 0 Å². The van der Waals surface area contributed by atoms with Crippen LogP contribution >= 0.6 is 0 Å². The van der Waals surface area contributed by atoms with Crippen LogP contribution in [0.1, 0.15) is 73.1 Å². The second-order valence-corrected chi connectivity index (χ2v) is 8.42. The molecule has 2 N–H and O–H groups in total. The fourth-order valence-corrected chi connectivity index (χ4v) is 4.27. The van der Waals surface area contributed by atoms with Gasteiger partial charge in [-0.25, -0.2) is 0 Å². The fraction of sp³-hybridized carbons (Fsp3) is 0.789. The van der Waals surface area contributed by atoms with Crippen molar-refractivity contribution in [2.24, 2.45) is 22.2 Å². The molecule has 23 heavy (non-hydrogen) atoms. The molecule has 0 fully saturated rings. The average molecular weight is 324 g/mol. The van der Waals surface area contributed by atoms with E-state index in [0.29, 0.717) is 31.6 Å². The van der Waals surface area contributed by atoms with Gasteiger partial charge in [-0.05, 0) is 49.9 Å². The fourth-order valence-electron chi connectivity index (χ4n) is 4.27. The number of hydrogen-bond acceptors (Lipinski definition) is 2. The van der Waals surface area contributed by atoms with Gasteiger partial charge in [0.2, 0.25) is 0 Å². The SMILES string of the molecule is CCC1(C(=O)O)CC=CCC1(CCC(C)CC(C)(C)C)C(=O)O. The maximum atomic E-state index is 12.2. The Bertz CT molecular complexity index is 474. The Kier molecular flexibility index (Phi) is 6.06. The van der Waals surface area contributed by atoms with E-state index in [9.17, 15) is 19.8 Å². The summed E-state index contributed by atoms with van der Waals surface area (Å²) in [5, 5.41) is 19.8. The van der Waals surface area contributed by atoms with Crippen molar-refractivity contribution in [3.8, 4) is 0 Å². The Hall–Kier alpha value is -1.32. The number of carboxylic acid groups (broad SMARTS) is 2. The van der Waals surface area contributed by atoms with Gasteiger partial charge in [-0.15, -0.1) is 0 Å². The zero-order chi connectivity index (χ0) is 17.9. The molecule has 0 heterocycles. The summed E-state index contributed by atoms with van der Waals surface area (Å²) in [5.41, 5.74) is -2.21. The minimum absolute atomic E-state index is 0.191. The monoisotopic (exact) mass is 324 g/mol. The summed E-state index contributed by atoms with van der Waals surface area (Å²) >= 11 is 0. The summed E-state index contributed by atoms with van der Waals surface area (Å²) in [6.07, 6.45) is 6.80. The number of hydrogen-bond donors (Lipinski definition) is 2. The summed E-state index contributed by atoms with van der Waals surface area (Å²) in [6, 6.07) is 0. The lowest BCUT2D eigenvalue weighted by Gasteiger charge is -2.46. The zero-order valence-electron chi connectivity index (χ0n) is 15.2. The maximum Gasteiger partial charge on any atom is 0.311 e. The lowest BCUT2D eigenvalue weighted by atomic mass is 9.54. The molecule has 0 aliphatic heterocycles. The average Bonchev–Trinajstić information content (AvgIpc) is 2.42. The van der Waals surface area contributed by atoms with E-state index in [-0.39, 0.29) is 5.41 Å². The molecule has 4 nitrogen and oxygen atoms in total. The van der Waals surface area contributed by atoms with Crippen LogP contribution in [0.4, 0.5) is 0 Å². The van der Waals surface area contributed by atoms with E-state index in [1.807, 2.05) is 12.2 Å². The maximum absolute atomic E-state index is 12.2. The van der Waals surface area contributed by atoms with Crippen LogP contribution in [-0.2, 0) is 9.59 Å². The molecule has 0 saturated carbocycles. The molecule has 3 atom stereocenters. The van der Waals surface area contributed by atoms with E-state index < -0.39 is 22.8 Å². The van der Waals surface area contributed by atoms with Crippen molar-refractivity contribution in [1.29, 1.82) is 0 Å². The first-order valence-corrected chi connectivity index (χ1v) is 8.62. The highest BCUT2D eigenvalue weighted by Crippen LogP contribution is 2.54. The Labute approximate surface area is 140 Å². The molecule has 0 radical (unpaired) electrons. The molecule has 1 rings (SSSR count). The van der Waals surface area contributed by atoms with Crippen LogP contribution in [0, 0.1) is 22.2 Å². The molecule has 132 valence electrons. The third-order valence-corrected chi connectivity index (χ3v) is 5.46. The smallest absolute Gasteiger partial charge is 0.311 e. The van der Waals surface area contributed by atoms with Gasteiger partial charge in [-0.1, -0.05) is 46.8 Å². The van der Waals surface area contributed by atoms with Crippen molar-refractivity contribution < 1.29 is 19.8 Å². The topological polar surface area (TPSA) is 74.6 Å². The van der Waals surface area contributed by atoms with Gasteiger partial charge in [0.05, 0.1) is 10.8 Å². The number of aliphatic carboxylic acids is 2. The molecule has 0 amide bonds.